The van der Waals surface area contributed by atoms with Crippen LogP contribution in [0.5, 0.6) is 5.75 Å². The van der Waals surface area contributed by atoms with Crippen LogP contribution in [0.4, 0.5) is 5.69 Å². The minimum Gasteiger partial charge on any atom is -0.497 e. The number of piperazine rings is 1. The third-order valence-corrected chi connectivity index (χ3v) is 4.71. The van der Waals surface area contributed by atoms with E-state index in [4.69, 9.17) is 4.74 Å². The molecule has 0 saturated carbocycles. The summed E-state index contributed by atoms with van der Waals surface area (Å²) in [5, 5.41) is 0. The first-order valence-electron chi connectivity index (χ1n) is 8.11. The molecule has 0 radical (unpaired) electrons. The molecule has 6 heteroatoms. The Bertz CT molecular complexity index is 597. The molecule has 2 saturated heterocycles. The van der Waals surface area contributed by atoms with Crippen molar-refractivity contribution in [2.24, 2.45) is 0 Å². The number of rotatable bonds is 4. The van der Waals surface area contributed by atoms with Gasteiger partial charge in [0.25, 0.3) is 0 Å². The maximum Gasteiger partial charge on any atom is 0.247 e. The van der Waals surface area contributed by atoms with Gasteiger partial charge in [-0.15, -0.1) is 0 Å². The molecule has 1 unspecified atom stereocenters. The van der Waals surface area contributed by atoms with Crippen LogP contribution in [0.3, 0.4) is 0 Å². The molecule has 0 N–H and O–H groups in total. The van der Waals surface area contributed by atoms with Crippen LogP contribution in [0.15, 0.2) is 24.3 Å². The van der Waals surface area contributed by atoms with E-state index in [0.29, 0.717) is 13.0 Å². The van der Waals surface area contributed by atoms with E-state index in [2.05, 4.69) is 15.9 Å². The number of imide groups is 1. The molecule has 0 bridgehead atoms. The van der Waals surface area contributed by atoms with Crippen molar-refractivity contribution >= 4 is 17.5 Å². The lowest BCUT2D eigenvalue weighted by molar-refractivity contribution is -0.139. The second-order valence-corrected chi connectivity index (χ2v) is 5.92. The van der Waals surface area contributed by atoms with Crippen molar-refractivity contribution in [3.8, 4) is 5.75 Å². The number of nitrogens with zero attached hydrogens (tertiary/aromatic N) is 3. The zero-order chi connectivity index (χ0) is 16.4. The topological polar surface area (TPSA) is 53.1 Å². The Balaban J connectivity index is 1.62. The van der Waals surface area contributed by atoms with Gasteiger partial charge in [0, 0.05) is 44.5 Å². The van der Waals surface area contributed by atoms with Crippen molar-refractivity contribution in [2.45, 2.75) is 19.4 Å². The summed E-state index contributed by atoms with van der Waals surface area (Å²) in [7, 11) is 1.67. The van der Waals surface area contributed by atoms with E-state index in [1.165, 1.54) is 4.90 Å². The molecular formula is C17H23N3O3. The van der Waals surface area contributed by atoms with Crippen molar-refractivity contribution in [2.75, 3.05) is 44.7 Å². The molecular weight excluding hydrogens is 294 g/mol. The summed E-state index contributed by atoms with van der Waals surface area (Å²) in [6, 6.07) is 7.75. The number of amides is 2. The van der Waals surface area contributed by atoms with E-state index in [1.807, 2.05) is 25.1 Å². The third kappa shape index (κ3) is 3.03. The van der Waals surface area contributed by atoms with E-state index < -0.39 is 0 Å². The molecule has 0 aliphatic carbocycles. The van der Waals surface area contributed by atoms with Gasteiger partial charge in [0.15, 0.2) is 0 Å². The Morgan fingerprint density at radius 3 is 2.52 bits per heavy atom. The van der Waals surface area contributed by atoms with Gasteiger partial charge in [0.2, 0.25) is 11.8 Å². The monoisotopic (exact) mass is 317 g/mol. The predicted octanol–water partition coefficient (Wildman–Crippen LogP) is 0.965. The van der Waals surface area contributed by atoms with E-state index in [1.54, 1.807) is 7.11 Å². The van der Waals surface area contributed by atoms with Crippen LogP contribution in [-0.2, 0) is 9.59 Å². The first-order valence-corrected chi connectivity index (χ1v) is 8.11. The van der Waals surface area contributed by atoms with E-state index in [0.717, 1.165) is 37.6 Å². The maximum absolute atomic E-state index is 12.3. The number of likely N-dealkylation sites (N-methyl/N-ethyl adjacent to an activating group) is 1. The van der Waals surface area contributed by atoms with Crippen LogP contribution >= 0.6 is 0 Å². The van der Waals surface area contributed by atoms with Crippen LogP contribution in [0.2, 0.25) is 0 Å². The molecule has 2 amide bonds. The predicted molar refractivity (Wildman–Crippen MR) is 87.6 cm³/mol. The third-order valence-electron chi connectivity index (χ3n) is 4.71. The molecule has 2 fully saturated rings. The number of hydrogen-bond acceptors (Lipinski definition) is 5. The highest BCUT2D eigenvalue weighted by Crippen LogP contribution is 2.24. The van der Waals surface area contributed by atoms with Crippen molar-refractivity contribution < 1.29 is 14.3 Å². The number of benzene rings is 1. The number of carbonyl (C=O) groups is 2. The molecule has 2 heterocycles. The SMILES string of the molecule is CCN1C(=O)CC(N2CCN(c3cccc(OC)c3)CC2)C1=O. The smallest absolute Gasteiger partial charge is 0.247 e. The van der Waals surface area contributed by atoms with Crippen LogP contribution in [0.1, 0.15) is 13.3 Å². The number of anilines is 1. The second-order valence-electron chi connectivity index (χ2n) is 5.92. The quantitative estimate of drug-likeness (QED) is 0.775. The van der Waals surface area contributed by atoms with Gasteiger partial charge in [-0.25, -0.2) is 0 Å². The Labute approximate surface area is 136 Å². The summed E-state index contributed by atoms with van der Waals surface area (Å²) in [6.45, 7) is 5.59. The summed E-state index contributed by atoms with van der Waals surface area (Å²) in [4.78, 5) is 30.0. The van der Waals surface area contributed by atoms with Crippen molar-refractivity contribution in [1.29, 1.82) is 0 Å². The van der Waals surface area contributed by atoms with Gasteiger partial charge < -0.3 is 9.64 Å². The summed E-state index contributed by atoms with van der Waals surface area (Å²) < 4.78 is 5.27. The fraction of sp³-hybridized carbons (Fsp3) is 0.529. The van der Waals surface area contributed by atoms with Gasteiger partial charge in [0.05, 0.1) is 19.6 Å². The van der Waals surface area contributed by atoms with E-state index >= 15 is 0 Å². The maximum atomic E-state index is 12.3. The molecule has 2 aliphatic rings. The average molecular weight is 317 g/mol. The van der Waals surface area contributed by atoms with Crippen molar-refractivity contribution in [3.63, 3.8) is 0 Å². The summed E-state index contributed by atoms with van der Waals surface area (Å²) in [5.41, 5.74) is 1.13. The highest BCUT2D eigenvalue weighted by Gasteiger charge is 2.41. The highest BCUT2D eigenvalue weighted by molar-refractivity contribution is 6.05. The summed E-state index contributed by atoms with van der Waals surface area (Å²) >= 11 is 0. The van der Waals surface area contributed by atoms with Crippen molar-refractivity contribution in [3.05, 3.63) is 24.3 Å². The van der Waals surface area contributed by atoms with Crippen LogP contribution in [-0.4, -0.2) is 67.5 Å². The molecule has 1 atom stereocenters. The molecule has 124 valence electrons. The van der Waals surface area contributed by atoms with Crippen LogP contribution < -0.4 is 9.64 Å². The number of methoxy groups -OCH3 is 1. The van der Waals surface area contributed by atoms with Gasteiger partial charge in [-0.2, -0.15) is 0 Å². The Kier molecular flexibility index (Phi) is 4.52. The minimum atomic E-state index is -0.269. The Morgan fingerprint density at radius 1 is 1.17 bits per heavy atom. The first kappa shape index (κ1) is 15.8. The van der Waals surface area contributed by atoms with Crippen LogP contribution in [0, 0.1) is 0 Å². The van der Waals surface area contributed by atoms with Gasteiger partial charge in [-0.1, -0.05) is 6.07 Å². The lowest BCUT2D eigenvalue weighted by Gasteiger charge is -2.38. The van der Waals surface area contributed by atoms with Gasteiger partial charge >= 0.3 is 0 Å². The lowest BCUT2D eigenvalue weighted by Crippen LogP contribution is -2.52. The minimum absolute atomic E-state index is 0.0349. The number of hydrogen-bond donors (Lipinski definition) is 0. The largest absolute Gasteiger partial charge is 0.497 e. The van der Waals surface area contributed by atoms with Gasteiger partial charge in [-0.3, -0.25) is 19.4 Å². The number of likely N-dealkylation sites (tertiary alicyclic amines) is 1. The zero-order valence-electron chi connectivity index (χ0n) is 13.7. The average Bonchev–Trinajstić information content (AvgIpc) is 2.89. The molecule has 1 aromatic carbocycles. The van der Waals surface area contributed by atoms with E-state index in [9.17, 15) is 9.59 Å². The molecule has 1 aromatic rings. The molecule has 0 spiro atoms. The fourth-order valence-electron chi connectivity index (χ4n) is 3.38. The molecule has 0 aromatic heterocycles. The van der Waals surface area contributed by atoms with Crippen LogP contribution in [0.25, 0.3) is 0 Å². The number of carbonyl (C=O) groups excluding carboxylic acids is 2. The van der Waals surface area contributed by atoms with E-state index in [-0.39, 0.29) is 17.9 Å². The molecule has 23 heavy (non-hydrogen) atoms. The lowest BCUT2D eigenvalue weighted by atomic mass is 10.1. The van der Waals surface area contributed by atoms with Gasteiger partial charge in [0.1, 0.15) is 5.75 Å². The summed E-state index contributed by atoms with van der Waals surface area (Å²) in [5.74, 6) is 0.769. The Hall–Kier alpha value is -2.08. The number of ether oxygens (including phenoxy) is 1. The van der Waals surface area contributed by atoms with Crippen molar-refractivity contribution in [1.82, 2.24) is 9.80 Å². The molecule has 2 aliphatic heterocycles. The molecule has 3 rings (SSSR count). The zero-order valence-corrected chi connectivity index (χ0v) is 13.7. The highest BCUT2D eigenvalue weighted by atomic mass is 16.5. The first-order chi connectivity index (χ1) is 11.1. The fourth-order valence-corrected chi connectivity index (χ4v) is 3.38. The summed E-state index contributed by atoms with van der Waals surface area (Å²) in [6.07, 6.45) is 0.325. The van der Waals surface area contributed by atoms with Gasteiger partial charge in [-0.05, 0) is 19.1 Å². The standard InChI is InChI=1S/C17H23N3O3/c1-3-20-16(21)12-15(17(20)22)19-9-7-18(8-10-19)13-5-4-6-14(11-13)23-2/h4-6,11,15H,3,7-10,12H2,1-2H3. The molecule has 6 nitrogen and oxygen atoms in total. The second kappa shape index (κ2) is 6.58. The Morgan fingerprint density at radius 2 is 1.91 bits per heavy atom. The normalized spacial score (nSPS) is 22.8.